The third-order valence-corrected chi connectivity index (χ3v) is 3.63. The van der Waals surface area contributed by atoms with E-state index < -0.39 is 12.0 Å². The van der Waals surface area contributed by atoms with Crippen LogP contribution in [0.15, 0.2) is 36.3 Å². The molecule has 0 spiro atoms. The van der Waals surface area contributed by atoms with Gasteiger partial charge in [-0.25, -0.2) is 9.48 Å². The highest BCUT2D eigenvalue weighted by Crippen LogP contribution is 2.34. The second kappa shape index (κ2) is 6.61. The number of allylic oxidation sites excluding steroid dienone is 1. The molecule has 24 heavy (non-hydrogen) atoms. The van der Waals surface area contributed by atoms with Crippen LogP contribution in [-0.4, -0.2) is 39.6 Å². The van der Waals surface area contributed by atoms with E-state index >= 15 is 0 Å². The summed E-state index contributed by atoms with van der Waals surface area (Å²) < 4.78 is 12.7. The summed E-state index contributed by atoms with van der Waals surface area (Å²) in [5.41, 5.74) is 0.883. The van der Waals surface area contributed by atoms with E-state index in [1.807, 2.05) is 25.1 Å². The maximum Gasteiger partial charge on any atom is 0.352 e. The van der Waals surface area contributed by atoms with Crippen molar-refractivity contribution in [3.63, 3.8) is 0 Å². The number of nitrogens with zero attached hydrogens (tertiary/aromatic N) is 3. The molecule has 0 saturated carbocycles. The van der Waals surface area contributed by atoms with Gasteiger partial charge < -0.3 is 19.9 Å². The van der Waals surface area contributed by atoms with Crippen LogP contribution in [0.25, 0.3) is 0 Å². The molecule has 8 heteroatoms. The Bertz CT molecular complexity index is 784. The molecule has 1 aliphatic heterocycles. The first-order valence-corrected chi connectivity index (χ1v) is 7.56. The number of hydrogen-bond donors (Lipinski definition) is 2. The van der Waals surface area contributed by atoms with Crippen LogP contribution in [0.3, 0.4) is 0 Å². The molecule has 1 aromatic carbocycles. The molecule has 0 fully saturated rings. The zero-order valence-electron chi connectivity index (χ0n) is 13.4. The Morgan fingerprint density at radius 3 is 2.96 bits per heavy atom. The van der Waals surface area contributed by atoms with Crippen molar-refractivity contribution >= 4 is 11.9 Å². The lowest BCUT2D eigenvalue weighted by Crippen LogP contribution is -2.24. The lowest BCUT2D eigenvalue weighted by atomic mass is 10.0. The van der Waals surface area contributed by atoms with Gasteiger partial charge in [0, 0.05) is 0 Å². The minimum absolute atomic E-state index is 0.0609. The van der Waals surface area contributed by atoms with Crippen LogP contribution in [0, 0.1) is 0 Å². The van der Waals surface area contributed by atoms with Gasteiger partial charge in [0.2, 0.25) is 5.95 Å². The fourth-order valence-corrected chi connectivity index (χ4v) is 2.50. The van der Waals surface area contributed by atoms with Gasteiger partial charge in [0.05, 0.1) is 13.7 Å². The van der Waals surface area contributed by atoms with Crippen LogP contribution in [0.1, 0.15) is 24.9 Å². The number of aliphatic carboxylic acids is 1. The number of ether oxygens (including phenoxy) is 2. The Morgan fingerprint density at radius 2 is 2.25 bits per heavy atom. The fourth-order valence-electron chi connectivity index (χ4n) is 2.50. The number of hydrogen-bond acceptors (Lipinski definition) is 6. The molecule has 0 amide bonds. The van der Waals surface area contributed by atoms with Gasteiger partial charge in [-0.1, -0.05) is 13.0 Å². The Kier molecular flexibility index (Phi) is 4.37. The van der Waals surface area contributed by atoms with Gasteiger partial charge in [0.1, 0.15) is 18.1 Å². The first kappa shape index (κ1) is 15.9. The molecular weight excluding hydrogens is 312 g/mol. The van der Waals surface area contributed by atoms with E-state index in [0.29, 0.717) is 24.1 Å². The van der Waals surface area contributed by atoms with Crippen molar-refractivity contribution in [1.29, 1.82) is 0 Å². The molecule has 1 aliphatic rings. The van der Waals surface area contributed by atoms with Crippen LogP contribution < -0.4 is 14.8 Å². The molecule has 0 aliphatic carbocycles. The normalized spacial score (nSPS) is 15.9. The van der Waals surface area contributed by atoms with Gasteiger partial charge in [-0.05, 0) is 30.2 Å². The molecule has 0 unspecified atom stereocenters. The third kappa shape index (κ3) is 2.90. The van der Waals surface area contributed by atoms with E-state index in [9.17, 15) is 9.90 Å². The number of nitrogens with one attached hydrogen (secondary N) is 1. The number of carbonyl (C=O) groups is 1. The van der Waals surface area contributed by atoms with Crippen molar-refractivity contribution < 1.29 is 19.4 Å². The molecule has 0 saturated heterocycles. The highest BCUT2D eigenvalue weighted by atomic mass is 16.5. The van der Waals surface area contributed by atoms with E-state index in [2.05, 4.69) is 15.4 Å². The second-order valence-electron chi connectivity index (χ2n) is 5.24. The number of carboxylic acids is 1. The van der Waals surface area contributed by atoms with E-state index in [1.54, 1.807) is 17.9 Å². The molecule has 2 heterocycles. The summed E-state index contributed by atoms with van der Waals surface area (Å²) in [6, 6.07) is 5.10. The zero-order valence-corrected chi connectivity index (χ0v) is 13.4. The van der Waals surface area contributed by atoms with E-state index in [1.165, 1.54) is 6.33 Å². The molecule has 2 aromatic rings. The third-order valence-electron chi connectivity index (χ3n) is 3.63. The van der Waals surface area contributed by atoms with Crippen LogP contribution in [-0.2, 0) is 4.79 Å². The largest absolute Gasteiger partial charge is 0.493 e. The quantitative estimate of drug-likeness (QED) is 0.836. The SMILES string of the molecule is CCCOc1ccc([C@H]2C=C(C(=O)O)Nc3ncnn32)cc1OC. The summed E-state index contributed by atoms with van der Waals surface area (Å²) in [5, 5.41) is 16.2. The van der Waals surface area contributed by atoms with Gasteiger partial charge in [-0.3, -0.25) is 0 Å². The van der Waals surface area contributed by atoms with Crippen molar-refractivity contribution in [2.24, 2.45) is 0 Å². The number of aromatic nitrogens is 3. The highest BCUT2D eigenvalue weighted by Gasteiger charge is 2.26. The molecule has 8 nitrogen and oxygen atoms in total. The summed E-state index contributed by atoms with van der Waals surface area (Å²) in [7, 11) is 1.57. The first-order chi connectivity index (χ1) is 11.6. The van der Waals surface area contributed by atoms with Gasteiger partial charge >= 0.3 is 5.97 Å². The monoisotopic (exact) mass is 330 g/mol. The van der Waals surface area contributed by atoms with Crippen LogP contribution in [0.4, 0.5) is 5.95 Å². The van der Waals surface area contributed by atoms with Gasteiger partial charge in [0.25, 0.3) is 0 Å². The van der Waals surface area contributed by atoms with Crippen molar-refractivity contribution in [3.05, 3.63) is 41.9 Å². The Balaban J connectivity index is 2.00. The minimum atomic E-state index is -1.05. The molecule has 126 valence electrons. The molecule has 0 bridgehead atoms. The number of methoxy groups -OCH3 is 1. The van der Waals surface area contributed by atoms with Crippen molar-refractivity contribution in [1.82, 2.24) is 14.8 Å². The van der Waals surface area contributed by atoms with Gasteiger partial charge in [-0.2, -0.15) is 10.1 Å². The predicted octanol–water partition coefficient (Wildman–Crippen LogP) is 2.06. The molecule has 1 atom stereocenters. The molecular formula is C16H18N4O4. The van der Waals surface area contributed by atoms with Crippen LogP contribution >= 0.6 is 0 Å². The lowest BCUT2D eigenvalue weighted by Gasteiger charge is -2.23. The zero-order chi connectivity index (χ0) is 17.1. The molecule has 3 rings (SSSR count). The average molecular weight is 330 g/mol. The molecule has 0 radical (unpaired) electrons. The first-order valence-electron chi connectivity index (χ1n) is 7.56. The summed E-state index contributed by atoms with van der Waals surface area (Å²) in [4.78, 5) is 15.4. The number of rotatable bonds is 6. The summed E-state index contributed by atoms with van der Waals surface area (Å²) in [6.07, 6.45) is 3.86. The average Bonchev–Trinajstić information content (AvgIpc) is 3.07. The van der Waals surface area contributed by atoms with Crippen LogP contribution in [0.2, 0.25) is 0 Å². The standard InChI is InChI=1S/C16H18N4O4/c1-3-6-24-13-5-4-10(7-14(13)23-2)12-8-11(15(21)22)19-16-17-9-18-20(12)16/h4-5,7-9,12H,3,6H2,1-2H3,(H,21,22)(H,17,18,19)/t12-/m1/s1. The van der Waals surface area contributed by atoms with E-state index in [0.717, 1.165) is 12.0 Å². The second-order valence-corrected chi connectivity index (χ2v) is 5.24. The highest BCUT2D eigenvalue weighted by molar-refractivity contribution is 5.90. The van der Waals surface area contributed by atoms with Crippen molar-refractivity contribution in [2.45, 2.75) is 19.4 Å². The maximum atomic E-state index is 11.3. The summed E-state index contributed by atoms with van der Waals surface area (Å²) >= 11 is 0. The van der Waals surface area contributed by atoms with Crippen LogP contribution in [0.5, 0.6) is 11.5 Å². The predicted molar refractivity (Wildman–Crippen MR) is 86.3 cm³/mol. The number of anilines is 1. The number of benzene rings is 1. The van der Waals surface area contributed by atoms with Gasteiger partial charge in [0.15, 0.2) is 11.5 Å². The van der Waals surface area contributed by atoms with Crippen molar-refractivity contribution in [2.75, 3.05) is 19.0 Å². The topological polar surface area (TPSA) is 98.5 Å². The Morgan fingerprint density at radius 1 is 1.42 bits per heavy atom. The lowest BCUT2D eigenvalue weighted by molar-refractivity contribution is -0.132. The minimum Gasteiger partial charge on any atom is -0.493 e. The number of fused-ring (bicyclic) bond motifs is 1. The van der Waals surface area contributed by atoms with Gasteiger partial charge in [-0.15, -0.1) is 0 Å². The summed E-state index contributed by atoms with van der Waals surface area (Å²) in [6.45, 7) is 2.62. The Labute approximate surface area is 138 Å². The smallest absolute Gasteiger partial charge is 0.352 e. The summed E-state index contributed by atoms with van der Waals surface area (Å²) in [5.74, 6) is 0.569. The van der Waals surface area contributed by atoms with E-state index in [-0.39, 0.29) is 5.70 Å². The Hall–Kier alpha value is -3.03. The molecule has 1 aromatic heterocycles. The maximum absolute atomic E-state index is 11.3. The fraction of sp³-hybridized carbons (Fsp3) is 0.312. The number of carboxylic acid groups (broad SMARTS) is 1. The molecule has 2 N–H and O–H groups in total. The van der Waals surface area contributed by atoms with Crippen molar-refractivity contribution in [3.8, 4) is 11.5 Å². The van der Waals surface area contributed by atoms with E-state index in [4.69, 9.17) is 9.47 Å².